The molecule has 0 radical (unpaired) electrons. The Balaban J connectivity index is 1.46. The van der Waals surface area contributed by atoms with Crippen molar-refractivity contribution in [2.45, 2.75) is 11.4 Å². The Kier molecular flexibility index (Phi) is 5.28. The molecule has 3 rings (SSSR count). The number of nitrogens with one attached hydrogen (secondary N) is 1. The molecule has 122 valence electrons. The van der Waals surface area contributed by atoms with E-state index in [1.807, 2.05) is 18.2 Å². The molecule has 0 aliphatic heterocycles. The van der Waals surface area contributed by atoms with Crippen molar-refractivity contribution in [2.75, 3.05) is 5.75 Å². The third kappa shape index (κ3) is 4.45. The molecule has 2 heterocycles. The third-order valence-corrected chi connectivity index (χ3v) is 4.33. The molecule has 3 aromatic rings. The number of pyridine rings is 1. The van der Waals surface area contributed by atoms with Gasteiger partial charge >= 0.3 is 0 Å². The maximum absolute atomic E-state index is 12.8. The highest BCUT2D eigenvalue weighted by Gasteiger charge is 2.05. The van der Waals surface area contributed by atoms with Crippen molar-refractivity contribution in [1.82, 2.24) is 10.3 Å². The Hall–Kier alpha value is -2.60. The van der Waals surface area contributed by atoms with Crippen LogP contribution in [0.2, 0.25) is 0 Å². The fourth-order valence-electron chi connectivity index (χ4n) is 2.04. The highest BCUT2D eigenvalue weighted by molar-refractivity contribution is 8.00. The van der Waals surface area contributed by atoms with Gasteiger partial charge in [-0.1, -0.05) is 6.07 Å². The van der Waals surface area contributed by atoms with E-state index >= 15 is 0 Å². The van der Waals surface area contributed by atoms with Crippen LogP contribution in [0.3, 0.4) is 0 Å². The van der Waals surface area contributed by atoms with Crippen LogP contribution in [0.25, 0.3) is 11.3 Å². The van der Waals surface area contributed by atoms with Gasteiger partial charge in [0.15, 0.2) is 0 Å². The molecular weight excluding hydrogens is 327 g/mol. The molecule has 0 unspecified atom stereocenters. The van der Waals surface area contributed by atoms with E-state index in [0.717, 1.165) is 21.7 Å². The zero-order chi connectivity index (χ0) is 16.8. The number of thioether (sulfide) groups is 1. The van der Waals surface area contributed by atoms with Gasteiger partial charge < -0.3 is 9.73 Å². The van der Waals surface area contributed by atoms with Gasteiger partial charge in [0, 0.05) is 23.2 Å². The number of hydrogen-bond acceptors (Lipinski definition) is 4. The highest BCUT2D eigenvalue weighted by Crippen LogP contribution is 2.18. The van der Waals surface area contributed by atoms with Crippen molar-refractivity contribution >= 4 is 17.7 Å². The van der Waals surface area contributed by atoms with E-state index in [-0.39, 0.29) is 17.5 Å². The second kappa shape index (κ2) is 7.79. The van der Waals surface area contributed by atoms with Gasteiger partial charge in [-0.2, -0.15) is 0 Å². The van der Waals surface area contributed by atoms with Crippen molar-refractivity contribution < 1.29 is 13.6 Å². The number of aromatic nitrogens is 1. The average Bonchev–Trinajstić information content (AvgIpc) is 3.14. The van der Waals surface area contributed by atoms with Crippen molar-refractivity contribution in [1.29, 1.82) is 0 Å². The summed E-state index contributed by atoms with van der Waals surface area (Å²) in [7, 11) is 0. The molecule has 1 amide bonds. The summed E-state index contributed by atoms with van der Waals surface area (Å²) in [6, 6.07) is 11.7. The monoisotopic (exact) mass is 342 g/mol. The summed E-state index contributed by atoms with van der Waals surface area (Å²) in [4.78, 5) is 17.1. The first-order valence-corrected chi connectivity index (χ1v) is 8.32. The first-order valence-electron chi connectivity index (χ1n) is 7.33. The van der Waals surface area contributed by atoms with E-state index in [1.165, 1.54) is 23.9 Å². The van der Waals surface area contributed by atoms with Crippen molar-refractivity contribution in [3.05, 3.63) is 72.6 Å². The van der Waals surface area contributed by atoms with Crippen LogP contribution in [-0.4, -0.2) is 16.6 Å². The first kappa shape index (κ1) is 16.3. The number of furan rings is 1. The maximum Gasteiger partial charge on any atom is 0.230 e. The molecule has 0 bridgehead atoms. The zero-order valence-electron chi connectivity index (χ0n) is 12.7. The van der Waals surface area contributed by atoms with Gasteiger partial charge in [0.25, 0.3) is 0 Å². The molecule has 1 N–H and O–H groups in total. The van der Waals surface area contributed by atoms with Crippen LogP contribution in [0.1, 0.15) is 5.56 Å². The van der Waals surface area contributed by atoms with Crippen LogP contribution < -0.4 is 5.32 Å². The standard InChI is InChI=1S/C18H15FN2O2S/c19-15-2-4-16(5-3-15)24-12-18(22)21-10-13-1-6-17(20-9-13)14-7-8-23-11-14/h1-9,11H,10,12H2,(H,21,22). The SMILES string of the molecule is O=C(CSc1ccc(F)cc1)NCc1ccc(-c2ccoc2)nc1. The van der Waals surface area contributed by atoms with Crippen molar-refractivity contribution in [3.8, 4) is 11.3 Å². The third-order valence-electron chi connectivity index (χ3n) is 3.31. The van der Waals surface area contributed by atoms with E-state index in [2.05, 4.69) is 10.3 Å². The predicted molar refractivity (Wildman–Crippen MR) is 90.9 cm³/mol. The number of halogens is 1. The molecule has 2 aromatic heterocycles. The van der Waals surface area contributed by atoms with E-state index in [4.69, 9.17) is 4.42 Å². The van der Waals surface area contributed by atoms with E-state index in [1.54, 1.807) is 30.9 Å². The molecule has 6 heteroatoms. The van der Waals surface area contributed by atoms with Gasteiger partial charge in [0.2, 0.25) is 5.91 Å². The molecule has 0 fully saturated rings. The number of rotatable bonds is 6. The quantitative estimate of drug-likeness (QED) is 0.691. The normalized spacial score (nSPS) is 10.5. The molecule has 24 heavy (non-hydrogen) atoms. The first-order chi connectivity index (χ1) is 11.7. The van der Waals surface area contributed by atoms with Gasteiger partial charge in [0.05, 0.1) is 24.0 Å². The Morgan fingerprint density at radius 3 is 2.67 bits per heavy atom. The number of nitrogens with zero attached hydrogens (tertiary/aromatic N) is 1. The summed E-state index contributed by atoms with van der Waals surface area (Å²) >= 11 is 1.37. The van der Waals surface area contributed by atoms with Gasteiger partial charge in [0.1, 0.15) is 5.82 Å². The van der Waals surface area contributed by atoms with Crippen molar-refractivity contribution in [2.24, 2.45) is 0 Å². The molecule has 0 atom stereocenters. The lowest BCUT2D eigenvalue weighted by molar-refractivity contribution is -0.118. The lowest BCUT2D eigenvalue weighted by Crippen LogP contribution is -2.24. The number of benzene rings is 1. The topological polar surface area (TPSA) is 55.1 Å². The Bertz CT molecular complexity index is 787. The lowest BCUT2D eigenvalue weighted by atomic mass is 10.2. The van der Waals surface area contributed by atoms with Crippen LogP contribution in [0.4, 0.5) is 4.39 Å². The lowest BCUT2D eigenvalue weighted by Gasteiger charge is -2.06. The highest BCUT2D eigenvalue weighted by atomic mass is 32.2. The van der Waals surface area contributed by atoms with Crippen LogP contribution in [0, 0.1) is 5.82 Å². The number of carbonyl (C=O) groups is 1. The second-order valence-electron chi connectivity index (χ2n) is 5.08. The van der Waals surface area contributed by atoms with Gasteiger partial charge in [-0.15, -0.1) is 11.8 Å². The maximum atomic E-state index is 12.8. The number of carbonyl (C=O) groups excluding carboxylic acids is 1. The average molecular weight is 342 g/mol. The second-order valence-corrected chi connectivity index (χ2v) is 6.13. The molecule has 0 aliphatic carbocycles. The molecule has 1 aromatic carbocycles. The summed E-state index contributed by atoms with van der Waals surface area (Å²) in [6.07, 6.45) is 4.97. The van der Waals surface area contributed by atoms with Crippen molar-refractivity contribution in [3.63, 3.8) is 0 Å². The smallest absolute Gasteiger partial charge is 0.230 e. The van der Waals surface area contributed by atoms with Crippen LogP contribution in [0.5, 0.6) is 0 Å². The summed E-state index contributed by atoms with van der Waals surface area (Å²) in [5, 5.41) is 2.84. The molecule has 4 nitrogen and oxygen atoms in total. The molecule has 0 saturated carbocycles. The summed E-state index contributed by atoms with van der Waals surface area (Å²) in [5.41, 5.74) is 2.66. The van der Waals surface area contributed by atoms with Gasteiger partial charge in [-0.25, -0.2) is 4.39 Å². The van der Waals surface area contributed by atoms with Crippen LogP contribution in [-0.2, 0) is 11.3 Å². The van der Waals surface area contributed by atoms with Crippen LogP contribution >= 0.6 is 11.8 Å². The summed E-state index contributed by atoms with van der Waals surface area (Å²) in [5.74, 6) is -0.0787. The summed E-state index contributed by atoms with van der Waals surface area (Å²) < 4.78 is 17.8. The molecule has 0 spiro atoms. The minimum Gasteiger partial charge on any atom is -0.472 e. The minimum absolute atomic E-state index is 0.0803. The van der Waals surface area contributed by atoms with Gasteiger partial charge in [-0.3, -0.25) is 9.78 Å². The predicted octanol–water partition coefficient (Wildman–Crippen LogP) is 3.89. The molecule has 0 saturated heterocycles. The minimum atomic E-state index is -0.282. The van der Waals surface area contributed by atoms with Crippen LogP contribution in [0.15, 0.2) is 70.5 Å². The number of amides is 1. The van der Waals surface area contributed by atoms with E-state index in [9.17, 15) is 9.18 Å². The summed E-state index contributed by atoms with van der Waals surface area (Å²) in [6.45, 7) is 0.418. The van der Waals surface area contributed by atoms with E-state index < -0.39 is 0 Å². The molecular formula is C18H15FN2O2S. The van der Waals surface area contributed by atoms with E-state index in [0.29, 0.717) is 6.54 Å². The van der Waals surface area contributed by atoms with Gasteiger partial charge in [-0.05, 0) is 42.0 Å². The fourth-order valence-corrected chi connectivity index (χ4v) is 2.77. The number of hydrogen-bond donors (Lipinski definition) is 1. The zero-order valence-corrected chi connectivity index (χ0v) is 13.6. The molecule has 0 aliphatic rings. The fraction of sp³-hybridized carbons (Fsp3) is 0.111. The Morgan fingerprint density at radius 2 is 2.00 bits per heavy atom. The largest absolute Gasteiger partial charge is 0.472 e. The Labute approximate surface area is 143 Å². The Morgan fingerprint density at radius 1 is 1.17 bits per heavy atom.